The summed E-state index contributed by atoms with van der Waals surface area (Å²) in [6, 6.07) is 4.31. The molecule has 3 rings (SSSR count). The molecule has 25 heavy (non-hydrogen) atoms. The molecule has 0 unspecified atom stereocenters. The molecule has 1 amide bonds. The molecular formula is C17H18N4O4. The van der Waals surface area contributed by atoms with Gasteiger partial charge in [-0.05, 0) is 39.2 Å². The van der Waals surface area contributed by atoms with Gasteiger partial charge in [0.25, 0.3) is 11.7 Å². The van der Waals surface area contributed by atoms with Crippen molar-refractivity contribution in [1.29, 1.82) is 0 Å². The fourth-order valence-electron chi connectivity index (χ4n) is 2.77. The second kappa shape index (κ2) is 6.48. The van der Waals surface area contributed by atoms with E-state index in [1.54, 1.807) is 0 Å². The lowest BCUT2D eigenvalue weighted by molar-refractivity contribution is -0.112. The minimum absolute atomic E-state index is 0.0724. The molecule has 0 aliphatic carbocycles. The number of hydrogen-bond donors (Lipinski definition) is 3. The van der Waals surface area contributed by atoms with Crippen molar-refractivity contribution < 1.29 is 19.5 Å². The van der Waals surface area contributed by atoms with Gasteiger partial charge in [0.1, 0.15) is 0 Å². The van der Waals surface area contributed by atoms with E-state index in [9.17, 15) is 14.4 Å². The molecule has 0 atom stereocenters. The van der Waals surface area contributed by atoms with E-state index < -0.39 is 17.7 Å². The third-order valence-corrected chi connectivity index (χ3v) is 3.98. The first-order valence-corrected chi connectivity index (χ1v) is 7.84. The standard InChI is InChI=1S/C17H18N4O4/c1-21(2)7-3-6-18-15-13-12(14(22)16(23)20-13)10-5-4-9(17(24)25)8-11(10)19-15/h4-5,8H,3,6-7H2,1-2H3,(H,18,19)(H,24,25)(H,20,22,23). The third-order valence-electron chi connectivity index (χ3n) is 3.98. The minimum Gasteiger partial charge on any atom is -0.478 e. The summed E-state index contributed by atoms with van der Waals surface area (Å²) >= 11 is 0. The second-order valence-electron chi connectivity index (χ2n) is 6.11. The molecular weight excluding hydrogens is 324 g/mol. The summed E-state index contributed by atoms with van der Waals surface area (Å²) in [4.78, 5) is 41.7. The Hall–Kier alpha value is -3.00. The molecule has 1 aromatic heterocycles. The van der Waals surface area contributed by atoms with E-state index in [4.69, 9.17) is 5.11 Å². The lowest BCUT2D eigenvalue weighted by Crippen LogP contribution is -2.17. The molecule has 2 aromatic rings. The first-order valence-electron chi connectivity index (χ1n) is 7.84. The second-order valence-corrected chi connectivity index (χ2v) is 6.11. The van der Waals surface area contributed by atoms with Gasteiger partial charge in [-0.25, -0.2) is 9.78 Å². The Bertz CT molecular complexity index is 892. The number of hydrogen-bond acceptors (Lipinski definition) is 6. The summed E-state index contributed by atoms with van der Waals surface area (Å²) in [5, 5.41) is 15.3. The van der Waals surface area contributed by atoms with Crippen LogP contribution in [0, 0.1) is 0 Å². The zero-order valence-electron chi connectivity index (χ0n) is 13.9. The highest BCUT2D eigenvalue weighted by atomic mass is 16.4. The van der Waals surface area contributed by atoms with Gasteiger partial charge in [-0.3, -0.25) is 9.59 Å². The zero-order chi connectivity index (χ0) is 18.1. The monoisotopic (exact) mass is 342 g/mol. The lowest BCUT2D eigenvalue weighted by Gasteiger charge is -2.13. The van der Waals surface area contributed by atoms with Gasteiger partial charge in [0.15, 0.2) is 5.82 Å². The predicted molar refractivity (Wildman–Crippen MR) is 93.3 cm³/mol. The lowest BCUT2D eigenvalue weighted by atomic mass is 10.0. The average molecular weight is 342 g/mol. The largest absolute Gasteiger partial charge is 0.478 e. The van der Waals surface area contributed by atoms with E-state index in [1.165, 1.54) is 18.2 Å². The highest BCUT2D eigenvalue weighted by Gasteiger charge is 2.33. The van der Waals surface area contributed by atoms with Crippen molar-refractivity contribution in [1.82, 2.24) is 9.88 Å². The number of nitrogens with zero attached hydrogens (tertiary/aromatic N) is 2. The van der Waals surface area contributed by atoms with E-state index in [0.29, 0.717) is 29.0 Å². The van der Waals surface area contributed by atoms with Gasteiger partial charge in [0.2, 0.25) is 0 Å². The Labute approximate surface area is 143 Å². The number of rotatable bonds is 6. The molecule has 0 saturated carbocycles. The summed E-state index contributed by atoms with van der Waals surface area (Å²) in [5.41, 5.74) is 1.03. The van der Waals surface area contributed by atoms with Crippen LogP contribution in [-0.2, 0) is 4.79 Å². The molecule has 1 aromatic carbocycles. The van der Waals surface area contributed by atoms with Gasteiger partial charge >= 0.3 is 5.97 Å². The van der Waals surface area contributed by atoms with E-state index in [2.05, 4.69) is 15.6 Å². The highest BCUT2D eigenvalue weighted by molar-refractivity contribution is 6.54. The maximum atomic E-state index is 12.2. The molecule has 0 radical (unpaired) electrons. The molecule has 3 N–H and O–H groups in total. The number of aromatic carboxylic acids is 1. The quantitative estimate of drug-likeness (QED) is 0.538. The summed E-state index contributed by atoms with van der Waals surface area (Å²) in [5.74, 6) is -2.04. The van der Waals surface area contributed by atoms with Crippen LogP contribution in [0.1, 0.15) is 27.1 Å². The fourth-order valence-corrected chi connectivity index (χ4v) is 2.77. The maximum Gasteiger partial charge on any atom is 0.335 e. The SMILES string of the molecule is CN(C)CCCNc1nc2cc(C(=O)O)ccc2c2c1NC(=O)C2=O. The van der Waals surface area contributed by atoms with Crippen molar-refractivity contribution in [3.05, 3.63) is 29.3 Å². The summed E-state index contributed by atoms with van der Waals surface area (Å²) in [6.07, 6.45) is 0.846. The Morgan fingerprint density at radius 2 is 2.08 bits per heavy atom. The van der Waals surface area contributed by atoms with Crippen molar-refractivity contribution >= 4 is 40.1 Å². The van der Waals surface area contributed by atoms with Crippen LogP contribution in [0.25, 0.3) is 10.9 Å². The number of anilines is 2. The molecule has 8 nitrogen and oxygen atoms in total. The predicted octanol–water partition coefficient (Wildman–Crippen LogP) is 1.43. The number of Topliss-reactive ketones (excluding diaryl/α,β-unsaturated/α-hetero) is 1. The molecule has 0 spiro atoms. The molecule has 8 heteroatoms. The van der Waals surface area contributed by atoms with Crippen molar-refractivity contribution in [2.75, 3.05) is 37.8 Å². The van der Waals surface area contributed by atoms with Crippen LogP contribution in [0.15, 0.2) is 18.2 Å². The van der Waals surface area contributed by atoms with Crippen LogP contribution in [0.5, 0.6) is 0 Å². The number of aromatic nitrogens is 1. The number of carboxylic acids is 1. The van der Waals surface area contributed by atoms with E-state index in [0.717, 1.165) is 13.0 Å². The van der Waals surface area contributed by atoms with Crippen molar-refractivity contribution in [2.24, 2.45) is 0 Å². The van der Waals surface area contributed by atoms with Crippen LogP contribution in [0.3, 0.4) is 0 Å². The molecule has 0 bridgehead atoms. The van der Waals surface area contributed by atoms with Crippen molar-refractivity contribution in [3.8, 4) is 0 Å². The van der Waals surface area contributed by atoms with E-state index in [-0.39, 0.29) is 11.1 Å². The molecule has 1 aliphatic rings. The number of amides is 1. The van der Waals surface area contributed by atoms with Gasteiger partial charge in [-0.2, -0.15) is 0 Å². The third kappa shape index (κ3) is 3.16. The van der Waals surface area contributed by atoms with Gasteiger partial charge < -0.3 is 20.6 Å². The number of carboxylic acid groups (broad SMARTS) is 1. The Balaban J connectivity index is 2.04. The number of fused-ring (bicyclic) bond motifs is 3. The number of nitrogens with one attached hydrogen (secondary N) is 2. The topological polar surface area (TPSA) is 112 Å². The number of benzene rings is 1. The molecule has 2 heterocycles. The van der Waals surface area contributed by atoms with Gasteiger partial charge in [0.05, 0.1) is 22.3 Å². The highest BCUT2D eigenvalue weighted by Crippen LogP contribution is 2.35. The Morgan fingerprint density at radius 1 is 1.32 bits per heavy atom. The number of ketones is 1. The fraction of sp³-hybridized carbons (Fsp3) is 0.294. The van der Waals surface area contributed by atoms with Crippen LogP contribution >= 0.6 is 0 Å². The Kier molecular flexibility index (Phi) is 4.37. The van der Waals surface area contributed by atoms with Gasteiger partial charge in [-0.1, -0.05) is 6.07 Å². The van der Waals surface area contributed by atoms with Crippen molar-refractivity contribution in [2.45, 2.75) is 6.42 Å². The number of pyridine rings is 1. The first kappa shape index (κ1) is 16.8. The van der Waals surface area contributed by atoms with Crippen LogP contribution in [-0.4, -0.2) is 59.8 Å². The summed E-state index contributed by atoms with van der Waals surface area (Å²) in [7, 11) is 3.94. The molecule has 130 valence electrons. The Morgan fingerprint density at radius 3 is 2.76 bits per heavy atom. The molecule has 0 saturated heterocycles. The zero-order valence-corrected chi connectivity index (χ0v) is 13.9. The molecule has 0 fully saturated rings. The van der Waals surface area contributed by atoms with E-state index >= 15 is 0 Å². The summed E-state index contributed by atoms with van der Waals surface area (Å²) < 4.78 is 0. The van der Waals surface area contributed by atoms with Crippen LogP contribution in [0.2, 0.25) is 0 Å². The maximum absolute atomic E-state index is 12.2. The first-order chi connectivity index (χ1) is 11.9. The van der Waals surface area contributed by atoms with Gasteiger partial charge in [-0.15, -0.1) is 0 Å². The molecule has 1 aliphatic heterocycles. The summed E-state index contributed by atoms with van der Waals surface area (Å²) in [6.45, 7) is 1.48. The van der Waals surface area contributed by atoms with Crippen LogP contribution in [0.4, 0.5) is 11.5 Å². The van der Waals surface area contributed by atoms with Gasteiger partial charge in [0, 0.05) is 11.9 Å². The van der Waals surface area contributed by atoms with Crippen LogP contribution < -0.4 is 10.6 Å². The average Bonchev–Trinajstić information content (AvgIpc) is 2.86. The number of carbonyl (C=O) groups is 3. The van der Waals surface area contributed by atoms with E-state index in [1.807, 2.05) is 19.0 Å². The smallest absolute Gasteiger partial charge is 0.335 e. The normalized spacial score (nSPS) is 13.2. The number of carbonyl (C=O) groups excluding carboxylic acids is 2. The van der Waals surface area contributed by atoms with Crippen molar-refractivity contribution in [3.63, 3.8) is 0 Å². The minimum atomic E-state index is -1.08.